The molecule has 1 saturated carbocycles. The van der Waals surface area contributed by atoms with E-state index in [2.05, 4.69) is 0 Å². The van der Waals surface area contributed by atoms with E-state index < -0.39 is 8.80 Å². The average Bonchev–Trinajstić information content (AvgIpc) is 2.16. The lowest BCUT2D eigenvalue weighted by Crippen LogP contribution is -2.45. The molecular weight excluding hydrogens is 196 g/mol. The molecule has 0 heterocycles. The topological polar surface area (TPSA) is 38.7 Å². The van der Waals surface area contributed by atoms with Gasteiger partial charge in [0, 0.05) is 19.8 Å². The van der Waals surface area contributed by atoms with Crippen molar-refractivity contribution in [1.82, 2.24) is 0 Å². The molecule has 0 atom stereocenters. The van der Waals surface area contributed by atoms with Crippen LogP contribution in [0.15, 0.2) is 0 Å². The summed E-state index contributed by atoms with van der Waals surface area (Å²) >= 11 is 0. The van der Waals surface area contributed by atoms with Crippen molar-refractivity contribution in [2.75, 3.05) is 14.2 Å². The minimum absolute atomic E-state index is 0.262. The monoisotopic (exact) mass is 218 g/mol. The van der Waals surface area contributed by atoms with E-state index in [0.717, 1.165) is 12.8 Å². The van der Waals surface area contributed by atoms with Crippen LogP contribution in [0.25, 0.3) is 0 Å². The van der Waals surface area contributed by atoms with Crippen molar-refractivity contribution in [1.29, 1.82) is 0 Å². The summed E-state index contributed by atoms with van der Waals surface area (Å²) in [4.78, 5) is 10.2. The van der Waals surface area contributed by atoms with Gasteiger partial charge in [0.25, 0.3) is 0 Å². The van der Waals surface area contributed by atoms with Gasteiger partial charge in [-0.15, -0.1) is 0 Å². The SMILES string of the molecule is CO[Si](O)(OC)C1CCCCCCC1. The molecule has 1 rings (SSSR count). The highest BCUT2D eigenvalue weighted by Crippen LogP contribution is 2.34. The Morgan fingerprint density at radius 2 is 1.36 bits per heavy atom. The predicted molar refractivity (Wildman–Crippen MR) is 58.1 cm³/mol. The molecule has 0 unspecified atom stereocenters. The Kier molecular flexibility index (Phi) is 5.09. The van der Waals surface area contributed by atoms with Gasteiger partial charge in [-0.05, 0) is 12.8 Å². The van der Waals surface area contributed by atoms with E-state index in [-0.39, 0.29) is 5.54 Å². The number of rotatable bonds is 3. The highest BCUT2D eigenvalue weighted by molar-refractivity contribution is 6.60. The van der Waals surface area contributed by atoms with Gasteiger partial charge in [-0.2, -0.15) is 0 Å². The maximum atomic E-state index is 10.2. The zero-order valence-corrected chi connectivity index (χ0v) is 10.3. The second-order valence-corrected chi connectivity index (χ2v) is 6.98. The second kappa shape index (κ2) is 5.85. The summed E-state index contributed by atoms with van der Waals surface area (Å²) in [5, 5.41) is 0. The van der Waals surface area contributed by atoms with E-state index in [1.54, 1.807) is 14.2 Å². The quantitative estimate of drug-likeness (QED) is 0.739. The van der Waals surface area contributed by atoms with Gasteiger partial charge in [0.2, 0.25) is 0 Å². The third-order valence-electron chi connectivity index (χ3n) is 3.21. The lowest BCUT2D eigenvalue weighted by molar-refractivity contribution is 0.132. The molecule has 4 heteroatoms. The predicted octanol–water partition coefficient (Wildman–Crippen LogP) is 2.32. The molecule has 0 aromatic heterocycles. The Balaban J connectivity index is 2.53. The molecule has 1 aliphatic carbocycles. The van der Waals surface area contributed by atoms with E-state index in [9.17, 15) is 4.80 Å². The molecule has 0 bridgehead atoms. The highest BCUT2D eigenvalue weighted by atomic mass is 28.4. The fraction of sp³-hybridized carbons (Fsp3) is 1.00. The first-order valence-electron chi connectivity index (χ1n) is 5.55. The molecule has 84 valence electrons. The van der Waals surface area contributed by atoms with Crippen LogP contribution in [0.3, 0.4) is 0 Å². The maximum absolute atomic E-state index is 10.2. The smallest absolute Gasteiger partial charge is 0.390 e. The molecule has 1 N–H and O–H groups in total. The van der Waals surface area contributed by atoms with E-state index >= 15 is 0 Å². The summed E-state index contributed by atoms with van der Waals surface area (Å²) in [6, 6.07) is 0. The van der Waals surface area contributed by atoms with Crippen LogP contribution in [0.4, 0.5) is 0 Å². The molecule has 1 fully saturated rings. The molecule has 0 aliphatic heterocycles. The van der Waals surface area contributed by atoms with Gasteiger partial charge >= 0.3 is 8.80 Å². The van der Waals surface area contributed by atoms with Crippen LogP contribution in [-0.4, -0.2) is 27.8 Å². The Morgan fingerprint density at radius 3 is 1.79 bits per heavy atom. The van der Waals surface area contributed by atoms with Crippen LogP contribution in [0, 0.1) is 0 Å². The molecule has 0 aromatic rings. The lowest BCUT2D eigenvalue weighted by atomic mass is 10.0. The van der Waals surface area contributed by atoms with Crippen molar-refractivity contribution >= 4 is 8.80 Å². The Labute approximate surface area is 87.8 Å². The Morgan fingerprint density at radius 1 is 0.929 bits per heavy atom. The first-order chi connectivity index (χ1) is 6.73. The van der Waals surface area contributed by atoms with Crippen molar-refractivity contribution in [2.24, 2.45) is 0 Å². The van der Waals surface area contributed by atoms with Gasteiger partial charge in [0.1, 0.15) is 0 Å². The van der Waals surface area contributed by atoms with Crippen molar-refractivity contribution in [2.45, 2.75) is 50.5 Å². The largest absolute Gasteiger partial charge is 0.500 e. The first kappa shape index (κ1) is 12.2. The number of hydrogen-bond acceptors (Lipinski definition) is 3. The summed E-state index contributed by atoms with van der Waals surface area (Å²) in [6.45, 7) is 0. The van der Waals surface area contributed by atoms with Gasteiger partial charge < -0.3 is 13.6 Å². The van der Waals surface area contributed by atoms with Crippen molar-refractivity contribution in [3.8, 4) is 0 Å². The van der Waals surface area contributed by atoms with Gasteiger partial charge in [0.15, 0.2) is 0 Å². The Hall–Kier alpha value is 0.0969. The van der Waals surface area contributed by atoms with Crippen LogP contribution in [0.1, 0.15) is 44.9 Å². The third-order valence-corrected chi connectivity index (χ3v) is 5.99. The van der Waals surface area contributed by atoms with Crippen molar-refractivity contribution in [3.63, 3.8) is 0 Å². The molecule has 0 amide bonds. The van der Waals surface area contributed by atoms with E-state index in [1.807, 2.05) is 0 Å². The summed E-state index contributed by atoms with van der Waals surface area (Å²) in [6.07, 6.45) is 8.43. The van der Waals surface area contributed by atoms with Crippen LogP contribution >= 0.6 is 0 Å². The van der Waals surface area contributed by atoms with Crippen LogP contribution in [0.2, 0.25) is 5.54 Å². The van der Waals surface area contributed by atoms with Crippen LogP contribution in [-0.2, 0) is 8.85 Å². The Bertz CT molecular complexity index is 151. The molecule has 0 radical (unpaired) electrons. The second-order valence-electron chi connectivity index (χ2n) is 4.08. The minimum Gasteiger partial charge on any atom is -0.390 e. The summed E-state index contributed by atoms with van der Waals surface area (Å²) in [7, 11) is 0.277. The molecule has 1 aliphatic rings. The lowest BCUT2D eigenvalue weighted by Gasteiger charge is -2.30. The molecular formula is C10H22O3Si. The summed E-state index contributed by atoms with van der Waals surface area (Å²) in [5.41, 5.74) is 0.262. The molecule has 14 heavy (non-hydrogen) atoms. The first-order valence-corrected chi connectivity index (χ1v) is 7.39. The fourth-order valence-corrected chi connectivity index (χ4v) is 4.21. The van der Waals surface area contributed by atoms with Crippen molar-refractivity contribution in [3.05, 3.63) is 0 Å². The third kappa shape index (κ3) is 3.05. The van der Waals surface area contributed by atoms with E-state index in [0.29, 0.717) is 0 Å². The van der Waals surface area contributed by atoms with E-state index in [1.165, 1.54) is 32.1 Å². The van der Waals surface area contributed by atoms with Crippen LogP contribution < -0.4 is 0 Å². The van der Waals surface area contributed by atoms with Gasteiger partial charge in [0.05, 0.1) is 0 Å². The van der Waals surface area contributed by atoms with Gasteiger partial charge in [-0.25, -0.2) is 0 Å². The zero-order chi connectivity index (χ0) is 10.4. The van der Waals surface area contributed by atoms with Gasteiger partial charge in [-0.3, -0.25) is 0 Å². The summed E-state index contributed by atoms with van der Waals surface area (Å²) < 4.78 is 10.4. The van der Waals surface area contributed by atoms with Crippen LogP contribution in [0.5, 0.6) is 0 Å². The summed E-state index contributed by atoms with van der Waals surface area (Å²) in [5.74, 6) is 0. The highest BCUT2D eigenvalue weighted by Gasteiger charge is 2.43. The standard InChI is InChI=1S/C10H22O3Si/c1-12-14(11,13-2)10-8-6-4-3-5-7-9-10/h10-11H,3-9H2,1-2H3. The normalized spacial score (nSPS) is 21.6. The minimum atomic E-state index is -2.85. The maximum Gasteiger partial charge on any atom is 0.500 e. The zero-order valence-electron chi connectivity index (χ0n) is 9.29. The molecule has 3 nitrogen and oxygen atoms in total. The fourth-order valence-electron chi connectivity index (χ4n) is 2.24. The molecule has 0 spiro atoms. The van der Waals surface area contributed by atoms with E-state index in [4.69, 9.17) is 8.85 Å². The molecule has 0 aromatic carbocycles. The number of hydrogen-bond donors (Lipinski definition) is 1. The van der Waals surface area contributed by atoms with Crippen molar-refractivity contribution < 1.29 is 13.6 Å². The van der Waals surface area contributed by atoms with Gasteiger partial charge in [-0.1, -0.05) is 32.1 Å². The average molecular weight is 218 g/mol. The molecule has 0 saturated heterocycles.